The predicted molar refractivity (Wildman–Crippen MR) is 88.9 cm³/mol. The van der Waals surface area contributed by atoms with Gasteiger partial charge in [0.2, 0.25) is 0 Å². The van der Waals surface area contributed by atoms with Crippen LogP contribution in [-0.4, -0.2) is 24.9 Å². The first kappa shape index (κ1) is 16.6. The Labute approximate surface area is 135 Å². The van der Waals surface area contributed by atoms with Gasteiger partial charge in [0.25, 0.3) is 5.56 Å². The van der Waals surface area contributed by atoms with Gasteiger partial charge in [0, 0.05) is 19.2 Å². The highest BCUT2D eigenvalue weighted by molar-refractivity contribution is 6.30. The Bertz CT molecular complexity index is 710. The Kier molecular flexibility index (Phi) is 5.63. The minimum atomic E-state index is -0.165. The van der Waals surface area contributed by atoms with Crippen LogP contribution < -0.4 is 10.3 Å². The summed E-state index contributed by atoms with van der Waals surface area (Å²) >= 11 is 5.92. The van der Waals surface area contributed by atoms with Gasteiger partial charge >= 0.3 is 0 Å². The first-order valence-electron chi connectivity index (χ1n) is 7.20. The van der Waals surface area contributed by atoms with E-state index in [1.807, 2.05) is 38.1 Å². The highest BCUT2D eigenvalue weighted by Gasteiger charge is 2.11. The summed E-state index contributed by atoms with van der Waals surface area (Å²) in [6.45, 7) is 5.56. The third-order valence-corrected chi connectivity index (χ3v) is 3.76. The van der Waals surface area contributed by atoms with E-state index >= 15 is 0 Å². The highest BCUT2D eigenvalue weighted by Crippen LogP contribution is 2.27. The molecule has 118 valence electrons. The van der Waals surface area contributed by atoms with Gasteiger partial charge in [-0.05, 0) is 49.7 Å². The SMILES string of the molecule is CCn1c(-c2ccc(OCCOC)cc2C)ccc(Cl)c1=O. The van der Waals surface area contributed by atoms with Crippen LogP contribution in [0.1, 0.15) is 12.5 Å². The molecule has 0 aliphatic rings. The molecule has 2 rings (SSSR count). The molecule has 0 saturated carbocycles. The summed E-state index contributed by atoms with van der Waals surface area (Å²) in [5.74, 6) is 0.789. The summed E-state index contributed by atoms with van der Waals surface area (Å²) in [7, 11) is 1.64. The summed E-state index contributed by atoms with van der Waals surface area (Å²) in [6, 6.07) is 9.35. The van der Waals surface area contributed by atoms with Crippen LogP contribution in [0.4, 0.5) is 0 Å². The molecule has 0 amide bonds. The standard InChI is InChI=1S/C17H20ClNO3/c1-4-19-16(8-7-15(18)17(19)20)14-6-5-13(11-12(14)2)22-10-9-21-3/h5-8,11H,4,9-10H2,1-3H3. The molecule has 0 unspecified atom stereocenters. The van der Waals surface area contributed by atoms with Gasteiger partial charge in [0.05, 0.1) is 12.3 Å². The molecule has 1 aromatic carbocycles. The second kappa shape index (κ2) is 7.47. The molecule has 22 heavy (non-hydrogen) atoms. The zero-order valence-corrected chi connectivity index (χ0v) is 13.8. The third-order valence-electron chi connectivity index (χ3n) is 3.47. The Morgan fingerprint density at radius 3 is 2.59 bits per heavy atom. The van der Waals surface area contributed by atoms with Gasteiger partial charge < -0.3 is 14.0 Å². The monoisotopic (exact) mass is 321 g/mol. The van der Waals surface area contributed by atoms with E-state index in [1.165, 1.54) is 0 Å². The van der Waals surface area contributed by atoms with Gasteiger partial charge in [-0.3, -0.25) is 4.79 Å². The molecular weight excluding hydrogens is 302 g/mol. The average Bonchev–Trinajstić information content (AvgIpc) is 2.51. The second-order valence-electron chi connectivity index (χ2n) is 4.93. The second-order valence-corrected chi connectivity index (χ2v) is 5.34. The molecule has 2 aromatic rings. The number of ether oxygens (including phenoxy) is 2. The molecule has 0 bridgehead atoms. The van der Waals surface area contributed by atoms with Crippen LogP contribution in [0, 0.1) is 6.92 Å². The Balaban J connectivity index is 2.38. The van der Waals surface area contributed by atoms with E-state index < -0.39 is 0 Å². The lowest BCUT2D eigenvalue weighted by Gasteiger charge is -2.15. The largest absolute Gasteiger partial charge is 0.491 e. The third kappa shape index (κ3) is 3.51. The maximum Gasteiger partial charge on any atom is 0.269 e. The van der Waals surface area contributed by atoms with E-state index in [0.717, 1.165) is 22.6 Å². The number of pyridine rings is 1. The van der Waals surface area contributed by atoms with E-state index in [9.17, 15) is 4.79 Å². The molecule has 0 aliphatic heterocycles. The lowest BCUT2D eigenvalue weighted by atomic mass is 10.0. The molecule has 0 radical (unpaired) electrons. The Morgan fingerprint density at radius 1 is 1.18 bits per heavy atom. The number of rotatable bonds is 6. The van der Waals surface area contributed by atoms with Crippen molar-refractivity contribution in [3.63, 3.8) is 0 Å². The van der Waals surface area contributed by atoms with Gasteiger partial charge in [-0.2, -0.15) is 0 Å². The molecule has 0 spiro atoms. The number of methoxy groups -OCH3 is 1. The summed E-state index contributed by atoms with van der Waals surface area (Å²) in [5.41, 5.74) is 2.73. The number of aromatic nitrogens is 1. The van der Waals surface area contributed by atoms with Crippen LogP contribution in [-0.2, 0) is 11.3 Å². The van der Waals surface area contributed by atoms with Crippen LogP contribution in [0.5, 0.6) is 5.75 Å². The minimum absolute atomic E-state index is 0.165. The molecule has 4 nitrogen and oxygen atoms in total. The van der Waals surface area contributed by atoms with Crippen molar-refractivity contribution in [2.45, 2.75) is 20.4 Å². The van der Waals surface area contributed by atoms with Gasteiger partial charge in [0.1, 0.15) is 17.4 Å². The molecule has 0 N–H and O–H groups in total. The topological polar surface area (TPSA) is 40.5 Å². The van der Waals surface area contributed by atoms with Gasteiger partial charge in [-0.15, -0.1) is 0 Å². The zero-order valence-electron chi connectivity index (χ0n) is 13.1. The first-order valence-corrected chi connectivity index (χ1v) is 7.58. The molecule has 1 heterocycles. The molecule has 0 atom stereocenters. The minimum Gasteiger partial charge on any atom is -0.491 e. The van der Waals surface area contributed by atoms with Gasteiger partial charge in [-0.1, -0.05) is 11.6 Å². The van der Waals surface area contributed by atoms with Crippen molar-refractivity contribution in [2.75, 3.05) is 20.3 Å². The fourth-order valence-corrected chi connectivity index (χ4v) is 2.52. The van der Waals surface area contributed by atoms with E-state index in [1.54, 1.807) is 17.7 Å². The van der Waals surface area contributed by atoms with Crippen LogP contribution >= 0.6 is 11.6 Å². The molecular formula is C17H20ClNO3. The average molecular weight is 322 g/mol. The van der Waals surface area contributed by atoms with Crippen molar-refractivity contribution in [1.82, 2.24) is 4.57 Å². The molecule has 0 saturated heterocycles. The summed E-state index contributed by atoms with van der Waals surface area (Å²) < 4.78 is 12.2. The van der Waals surface area contributed by atoms with Crippen molar-refractivity contribution >= 4 is 11.6 Å². The quantitative estimate of drug-likeness (QED) is 0.764. The zero-order chi connectivity index (χ0) is 16.1. The van der Waals surface area contributed by atoms with Crippen LogP contribution in [0.2, 0.25) is 5.02 Å². The normalized spacial score (nSPS) is 10.7. The number of halogens is 1. The lowest BCUT2D eigenvalue weighted by molar-refractivity contribution is 0.146. The number of benzene rings is 1. The summed E-state index contributed by atoms with van der Waals surface area (Å²) in [4.78, 5) is 12.1. The molecule has 0 fully saturated rings. The number of nitrogens with zero attached hydrogens (tertiary/aromatic N) is 1. The first-order chi connectivity index (χ1) is 10.6. The van der Waals surface area contributed by atoms with Crippen molar-refractivity contribution in [3.05, 3.63) is 51.3 Å². The van der Waals surface area contributed by atoms with Crippen molar-refractivity contribution in [2.24, 2.45) is 0 Å². The lowest BCUT2D eigenvalue weighted by Crippen LogP contribution is -2.21. The fourth-order valence-electron chi connectivity index (χ4n) is 2.36. The van der Waals surface area contributed by atoms with Crippen LogP contribution in [0.15, 0.2) is 35.1 Å². The molecule has 5 heteroatoms. The van der Waals surface area contributed by atoms with E-state index in [2.05, 4.69) is 0 Å². The van der Waals surface area contributed by atoms with Crippen LogP contribution in [0.25, 0.3) is 11.3 Å². The van der Waals surface area contributed by atoms with Crippen molar-refractivity contribution in [1.29, 1.82) is 0 Å². The summed E-state index contributed by atoms with van der Waals surface area (Å²) in [6.07, 6.45) is 0. The van der Waals surface area contributed by atoms with Crippen molar-refractivity contribution in [3.8, 4) is 17.0 Å². The Morgan fingerprint density at radius 2 is 1.95 bits per heavy atom. The smallest absolute Gasteiger partial charge is 0.269 e. The number of aryl methyl sites for hydroxylation is 1. The summed E-state index contributed by atoms with van der Waals surface area (Å²) in [5, 5.41) is 0.239. The maximum absolute atomic E-state index is 12.1. The Hall–Kier alpha value is -1.78. The van der Waals surface area contributed by atoms with E-state index in [4.69, 9.17) is 21.1 Å². The van der Waals surface area contributed by atoms with E-state index in [-0.39, 0.29) is 10.6 Å². The fraction of sp³-hybridized carbons (Fsp3) is 0.353. The number of hydrogen-bond acceptors (Lipinski definition) is 3. The molecule has 0 aliphatic carbocycles. The van der Waals surface area contributed by atoms with Crippen LogP contribution in [0.3, 0.4) is 0 Å². The van der Waals surface area contributed by atoms with Gasteiger partial charge in [-0.25, -0.2) is 0 Å². The predicted octanol–water partition coefficient (Wildman–Crippen LogP) is 3.52. The highest BCUT2D eigenvalue weighted by atomic mass is 35.5. The maximum atomic E-state index is 12.1. The molecule has 1 aromatic heterocycles. The van der Waals surface area contributed by atoms with E-state index in [0.29, 0.717) is 19.8 Å². The number of hydrogen-bond donors (Lipinski definition) is 0. The van der Waals surface area contributed by atoms with Crippen molar-refractivity contribution < 1.29 is 9.47 Å². The van der Waals surface area contributed by atoms with Gasteiger partial charge in [0.15, 0.2) is 0 Å².